The summed E-state index contributed by atoms with van der Waals surface area (Å²) >= 11 is 0. The fraction of sp³-hybridized carbons (Fsp3) is 0.182. The normalized spacial score (nSPS) is 20.2. The van der Waals surface area contributed by atoms with Crippen molar-refractivity contribution in [3.8, 4) is 0 Å². The third-order valence-electron chi connectivity index (χ3n) is 5.37. The molecular formula is C22H16O5. The topological polar surface area (TPSA) is 61.8 Å². The highest BCUT2D eigenvalue weighted by Crippen LogP contribution is 2.55. The van der Waals surface area contributed by atoms with E-state index in [-0.39, 0.29) is 11.1 Å². The highest BCUT2D eigenvalue weighted by atomic mass is 16.5. The van der Waals surface area contributed by atoms with Crippen LogP contribution >= 0.6 is 0 Å². The van der Waals surface area contributed by atoms with Crippen LogP contribution < -0.4 is 0 Å². The second-order valence-electron chi connectivity index (χ2n) is 6.73. The van der Waals surface area contributed by atoms with E-state index in [1.807, 2.05) is 24.3 Å². The van der Waals surface area contributed by atoms with Gasteiger partial charge in [-0.15, -0.1) is 0 Å². The number of carbonyl (C=O) groups is 2. The highest BCUT2D eigenvalue weighted by molar-refractivity contribution is 6.05. The number of hydrogen-bond donors (Lipinski definition) is 0. The zero-order valence-corrected chi connectivity index (χ0v) is 14.8. The first-order valence-corrected chi connectivity index (χ1v) is 8.65. The van der Waals surface area contributed by atoms with Gasteiger partial charge in [0, 0.05) is 0 Å². The summed E-state index contributed by atoms with van der Waals surface area (Å²) < 4.78 is 15.8. The van der Waals surface area contributed by atoms with Gasteiger partial charge in [0.05, 0.1) is 25.4 Å². The van der Waals surface area contributed by atoms with Gasteiger partial charge < -0.3 is 14.2 Å². The number of ether oxygens (including phenoxy) is 3. The van der Waals surface area contributed by atoms with Crippen molar-refractivity contribution in [2.75, 3.05) is 14.2 Å². The van der Waals surface area contributed by atoms with Crippen LogP contribution in [-0.2, 0) is 23.8 Å². The fourth-order valence-corrected chi connectivity index (χ4v) is 4.15. The van der Waals surface area contributed by atoms with Crippen LogP contribution in [0.15, 0.2) is 59.7 Å². The van der Waals surface area contributed by atoms with E-state index in [2.05, 4.69) is 24.3 Å². The van der Waals surface area contributed by atoms with Crippen molar-refractivity contribution in [1.82, 2.24) is 0 Å². The van der Waals surface area contributed by atoms with E-state index >= 15 is 0 Å². The molecule has 0 aliphatic carbocycles. The molecule has 5 nitrogen and oxygen atoms in total. The SMILES string of the molecule is COC(=O)C1=C(C(=O)OC)[C@@H]2O[C@H]1c1cc3cc4ccccc4cc3cc12. The zero-order valence-electron chi connectivity index (χ0n) is 14.8. The van der Waals surface area contributed by atoms with E-state index in [0.29, 0.717) is 0 Å². The van der Waals surface area contributed by atoms with E-state index in [1.54, 1.807) is 0 Å². The van der Waals surface area contributed by atoms with Gasteiger partial charge in [-0.1, -0.05) is 24.3 Å². The van der Waals surface area contributed by atoms with Gasteiger partial charge in [0.2, 0.25) is 0 Å². The molecule has 0 saturated carbocycles. The molecule has 134 valence electrons. The van der Waals surface area contributed by atoms with Crippen LogP contribution in [0.1, 0.15) is 23.3 Å². The number of rotatable bonds is 2. The lowest BCUT2D eigenvalue weighted by Crippen LogP contribution is -2.19. The Morgan fingerprint density at radius 3 is 1.59 bits per heavy atom. The summed E-state index contributed by atoms with van der Waals surface area (Å²) in [6, 6.07) is 16.5. The summed E-state index contributed by atoms with van der Waals surface area (Å²) in [7, 11) is 2.59. The number of esters is 2. The summed E-state index contributed by atoms with van der Waals surface area (Å²) in [6.07, 6.45) is -1.22. The van der Waals surface area contributed by atoms with Crippen molar-refractivity contribution in [2.24, 2.45) is 0 Å². The Balaban J connectivity index is 1.74. The van der Waals surface area contributed by atoms with Crippen LogP contribution in [0.25, 0.3) is 21.5 Å². The molecule has 0 radical (unpaired) electrons. The lowest BCUT2D eigenvalue weighted by atomic mass is 9.84. The van der Waals surface area contributed by atoms with Crippen LogP contribution in [0, 0.1) is 0 Å². The second kappa shape index (κ2) is 5.66. The molecule has 0 unspecified atom stereocenters. The van der Waals surface area contributed by atoms with E-state index < -0.39 is 24.1 Å². The number of benzene rings is 3. The Hall–Kier alpha value is -3.18. The van der Waals surface area contributed by atoms with Crippen molar-refractivity contribution < 1.29 is 23.8 Å². The molecule has 2 heterocycles. The van der Waals surface area contributed by atoms with Gasteiger partial charge in [-0.05, 0) is 56.9 Å². The Morgan fingerprint density at radius 2 is 1.19 bits per heavy atom. The first-order valence-electron chi connectivity index (χ1n) is 8.65. The third-order valence-corrected chi connectivity index (χ3v) is 5.37. The third kappa shape index (κ3) is 2.15. The predicted octanol–water partition coefficient (Wildman–Crippen LogP) is 3.76. The number of carbonyl (C=O) groups excluding carboxylic acids is 2. The molecule has 0 spiro atoms. The maximum Gasteiger partial charge on any atom is 0.337 e. The minimum Gasteiger partial charge on any atom is -0.466 e. The first kappa shape index (κ1) is 16.0. The summed E-state index contributed by atoms with van der Waals surface area (Å²) in [4.78, 5) is 24.6. The van der Waals surface area contributed by atoms with E-state index in [1.165, 1.54) is 14.2 Å². The molecule has 2 bridgehead atoms. The van der Waals surface area contributed by atoms with Crippen LogP contribution in [0.3, 0.4) is 0 Å². The Morgan fingerprint density at radius 1 is 0.741 bits per heavy atom. The van der Waals surface area contributed by atoms with Crippen LogP contribution in [0.5, 0.6) is 0 Å². The van der Waals surface area contributed by atoms with Crippen molar-refractivity contribution in [3.63, 3.8) is 0 Å². The van der Waals surface area contributed by atoms with Crippen molar-refractivity contribution in [3.05, 3.63) is 70.8 Å². The van der Waals surface area contributed by atoms with Crippen molar-refractivity contribution >= 4 is 33.5 Å². The Bertz CT molecular complexity index is 1080. The van der Waals surface area contributed by atoms with Gasteiger partial charge in [-0.2, -0.15) is 0 Å². The summed E-state index contributed by atoms with van der Waals surface area (Å²) in [5.41, 5.74) is 2.27. The lowest BCUT2D eigenvalue weighted by Gasteiger charge is -2.18. The van der Waals surface area contributed by atoms with Crippen LogP contribution in [0.4, 0.5) is 0 Å². The molecule has 0 aromatic heterocycles. The molecular weight excluding hydrogens is 344 g/mol. The molecule has 0 amide bonds. The maximum absolute atomic E-state index is 12.3. The van der Waals surface area contributed by atoms with Gasteiger partial charge in [-0.3, -0.25) is 0 Å². The number of fused-ring (bicyclic) bond motifs is 7. The minimum absolute atomic E-state index is 0.238. The molecule has 5 rings (SSSR count). The van der Waals surface area contributed by atoms with E-state index in [4.69, 9.17) is 14.2 Å². The van der Waals surface area contributed by atoms with Crippen LogP contribution in [-0.4, -0.2) is 26.2 Å². The molecule has 5 heteroatoms. The monoisotopic (exact) mass is 360 g/mol. The average Bonchev–Trinajstić information content (AvgIpc) is 3.25. The van der Waals surface area contributed by atoms with Gasteiger partial charge in [-0.25, -0.2) is 9.59 Å². The summed E-state index contributed by atoms with van der Waals surface area (Å²) in [5, 5.41) is 4.42. The van der Waals surface area contributed by atoms with E-state index in [0.717, 1.165) is 32.7 Å². The standard InChI is InChI=1S/C22H16O5/c1-25-21(23)17-18(22(24)26-2)20-16-10-14-8-12-6-4-3-5-11(12)7-13(14)9-15(16)19(17)27-20/h3-10,19-20H,1-2H3/t19-,20+. The Kier molecular flexibility index (Phi) is 3.36. The molecule has 3 aromatic rings. The summed E-state index contributed by atoms with van der Waals surface area (Å²) in [5.74, 6) is -1.13. The predicted molar refractivity (Wildman–Crippen MR) is 99.1 cm³/mol. The lowest BCUT2D eigenvalue weighted by molar-refractivity contribution is -0.139. The molecule has 0 fully saturated rings. The number of methoxy groups -OCH3 is 2. The highest BCUT2D eigenvalue weighted by Gasteiger charge is 2.50. The number of hydrogen-bond acceptors (Lipinski definition) is 5. The quantitative estimate of drug-likeness (QED) is 0.514. The van der Waals surface area contributed by atoms with Gasteiger partial charge >= 0.3 is 11.9 Å². The van der Waals surface area contributed by atoms with Crippen LogP contribution in [0.2, 0.25) is 0 Å². The van der Waals surface area contributed by atoms with Crippen molar-refractivity contribution in [1.29, 1.82) is 0 Å². The van der Waals surface area contributed by atoms with E-state index in [9.17, 15) is 9.59 Å². The fourth-order valence-electron chi connectivity index (χ4n) is 4.15. The molecule has 0 saturated heterocycles. The van der Waals surface area contributed by atoms with Gasteiger partial charge in [0.25, 0.3) is 0 Å². The molecule has 2 atom stereocenters. The molecule has 2 aliphatic rings. The van der Waals surface area contributed by atoms with Gasteiger partial charge in [0.1, 0.15) is 12.2 Å². The Labute approximate surface area is 155 Å². The molecule has 0 N–H and O–H groups in total. The molecule has 3 aromatic carbocycles. The molecule has 2 aliphatic heterocycles. The average molecular weight is 360 g/mol. The smallest absolute Gasteiger partial charge is 0.337 e. The summed E-state index contributed by atoms with van der Waals surface area (Å²) in [6.45, 7) is 0. The van der Waals surface area contributed by atoms with Gasteiger partial charge in [0.15, 0.2) is 0 Å². The first-order chi connectivity index (χ1) is 13.1. The molecule has 27 heavy (non-hydrogen) atoms. The maximum atomic E-state index is 12.3. The van der Waals surface area contributed by atoms with Crippen molar-refractivity contribution in [2.45, 2.75) is 12.2 Å². The zero-order chi connectivity index (χ0) is 18.7. The second-order valence-corrected chi connectivity index (χ2v) is 6.73. The largest absolute Gasteiger partial charge is 0.466 e. The minimum atomic E-state index is -0.609.